The molecule has 5 saturated heterocycles. The number of carbonyl (C=O) groups is 6. The zero-order valence-electron chi connectivity index (χ0n) is 45.2. The van der Waals surface area contributed by atoms with E-state index in [-0.39, 0.29) is 6.41 Å². The summed E-state index contributed by atoms with van der Waals surface area (Å²) in [5.74, 6) is -14.7. The lowest BCUT2D eigenvalue weighted by atomic mass is 9.87. The Balaban J connectivity index is 1.60. The van der Waals surface area contributed by atoms with E-state index in [1.54, 1.807) is 0 Å². The Morgan fingerprint density at radius 3 is 1.62 bits per heavy atom. The molecule has 0 spiro atoms. The van der Waals surface area contributed by atoms with E-state index in [1.807, 2.05) is 5.32 Å². The first-order chi connectivity index (χ1) is 40.1. The number of aliphatic hydroxyl groups is 17. The number of aliphatic carboxylic acids is 2. The lowest BCUT2D eigenvalue weighted by Crippen LogP contribution is -2.72. The molecule has 5 fully saturated rings. The van der Waals surface area contributed by atoms with Gasteiger partial charge in [-0.05, 0) is 0 Å². The molecule has 39 heteroatoms. The van der Waals surface area contributed by atoms with Crippen molar-refractivity contribution in [1.29, 1.82) is 0 Å². The summed E-state index contributed by atoms with van der Waals surface area (Å²) in [6.45, 7) is -6.90. The average Bonchev–Trinajstić information content (AvgIpc) is 1.28. The van der Waals surface area contributed by atoms with Gasteiger partial charge in [0, 0.05) is 26.7 Å². The highest BCUT2D eigenvalue weighted by Gasteiger charge is 2.63. The van der Waals surface area contributed by atoms with Crippen LogP contribution >= 0.6 is 0 Å². The number of amides is 4. The van der Waals surface area contributed by atoms with Crippen LogP contribution in [0.3, 0.4) is 0 Å². The van der Waals surface area contributed by atoms with Crippen molar-refractivity contribution in [1.82, 2.24) is 21.3 Å². The molecular weight excluding hydrogens is 1170 g/mol. The highest BCUT2D eigenvalue weighted by atomic mass is 16.8. The molecule has 39 nitrogen and oxygen atoms in total. The summed E-state index contributed by atoms with van der Waals surface area (Å²) in [6, 6.07) is -6.88. The van der Waals surface area contributed by atoms with E-state index in [0.29, 0.717) is 0 Å². The molecule has 0 aromatic rings. The van der Waals surface area contributed by atoms with Crippen LogP contribution in [0, 0.1) is 0 Å². The molecule has 0 saturated carbocycles. The third-order valence-electron chi connectivity index (χ3n) is 14.6. The van der Waals surface area contributed by atoms with E-state index in [0.717, 1.165) is 13.8 Å². The van der Waals surface area contributed by atoms with E-state index >= 15 is 0 Å². The van der Waals surface area contributed by atoms with Crippen molar-refractivity contribution in [3.63, 3.8) is 0 Å². The van der Waals surface area contributed by atoms with Crippen LogP contribution in [-0.2, 0) is 76.1 Å². The number of carbonyl (C=O) groups excluding carboxylic acids is 4. The zero-order chi connectivity index (χ0) is 63.6. The van der Waals surface area contributed by atoms with Gasteiger partial charge in [-0.2, -0.15) is 0 Å². The van der Waals surface area contributed by atoms with Crippen molar-refractivity contribution in [3.05, 3.63) is 0 Å². The van der Waals surface area contributed by atoms with Crippen molar-refractivity contribution in [2.24, 2.45) is 0 Å². The molecule has 4 amide bonds. The maximum atomic E-state index is 13.9. The van der Waals surface area contributed by atoms with E-state index in [4.69, 9.17) is 47.4 Å². The lowest BCUT2D eigenvalue weighted by molar-refractivity contribution is -0.402. The van der Waals surface area contributed by atoms with Crippen LogP contribution < -0.4 is 21.3 Å². The van der Waals surface area contributed by atoms with Gasteiger partial charge in [-0.15, -0.1) is 0 Å². The first-order valence-electron chi connectivity index (χ1n) is 26.2. The van der Waals surface area contributed by atoms with E-state index in [9.17, 15) is 126 Å². The van der Waals surface area contributed by atoms with Gasteiger partial charge in [0.05, 0.1) is 76.6 Å². The quantitative estimate of drug-likeness (QED) is 0.0309. The molecule has 5 aliphatic heterocycles. The number of carboxylic acid groups (broad SMARTS) is 2. The van der Waals surface area contributed by atoms with Gasteiger partial charge in [0.2, 0.25) is 24.1 Å². The van der Waals surface area contributed by atoms with Crippen LogP contribution in [0.15, 0.2) is 0 Å². The van der Waals surface area contributed by atoms with Crippen molar-refractivity contribution >= 4 is 36.1 Å². The number of rotatable bonds is 29. The van der Waals surface area contributed by atoms with Gasteiger partial charge in [0.15, 0.2) is 18.9 Å². The van der Waals surface area contributed by atoms with Crippen molar-refractivity contribution in [2.75, 3.05) is 52.9 Å². The van der Waals surface area contributed by atoms with Crippen LogP contribution in [-0.4, -0.2) is 357 Å². The molecule has 5 aliphatic rings. The summed E-state index contributed by atoms with van der Waals surface area (Å²) in [7, 11) is 0. The predicted octanol–water partition coefficient (Wildman–Crippen LogP) is -15.0. The van der Waals surface area contributed by atoms with E-state index in [1.165, 1.54) is 0 Å². The van der Waals surface area contributed by atoms with Crippen molar-refractivity contribution in [2.45, 2.75) is 197 Å². The van der Waals surface area contributed by atoms with Gasteiger partial charge >= 0.3 is 11.9 Å². The summed E-state index contributed by atoms with van der Waals surface area (Å²) >= 11 is 0. The topological polar surface area (TPSA) is 627 Å². The van der Waals surface area contributed by atoms with Gasteiger partial charge in [0.1, 0.15) is 116 Å². The number of hydrogen-bond donors (Lipinski definition) is 23. The molecule has 0 unspecified atom stereocenters. The Labute approximate surface area is 480 Å². The third-order valence-corrected chi connectivity index (χ3v) is 14.6. The molecule has 0 radical (unpaired) electrons. The average molecular weight is 1250 g/mol. The molecule has 0 aromatic heterocycles. The van der Waals surface area contributed by atoms with Gasteiger partial charge in [-0.3, -0.25) is 19.2 Å². The standard InChI is InChI=1S/C46H76N4O35/c1-14(59)48-25-17(61)4-46(44(74)75,84-38(25)30(67)21(8-54)82-45(43(72)73)3-18(62)26(50-24(64)11-57)37(83-45)28(65)19(63)6-52)85-39-34(71)42(80-35-22(9-55)78-41(33(70)32(35)69)76-12-16(5-51)47-13-58)79-23(10-56)36(39)81-40-27(49-15(2)60)31(68)29(66)20(7-53)77-40/h13,16-23,25-42,51-57,61-63,65-71H,3-12H2,1-2H3,(H,47,58)(H,48,59)(H,49,60)(H,50,64)(H,72,73)(H,74,75)/t16-,17+,18+,19-,20-,21-,22-,23-,25-,26-,27-,28-,29+,30-,31-,32-,33-,34-,35-,36+,37-,38-,39-,40+,41-,42+,45-,46+/m1/s1. The second kappa shape index (κ2) is 31.3. The molecule has 0 aliphatic carbocycles. The molecule has 5 heterocycles. The van der Waals surface area contributed by atoms with Crippen LogP contribution in [0.1, 0.15) is 26.7 Å². The van der Waals surface area contributed by atoms with Gasteiger partial charge in [-0.25, -0.2) is 9.59 Å². The molecule has 0 bridgehead atoms. The fraction of sp³-hybridized carbons (Fsp3) is 0.870. The summed E-state index contributed by atoms with van der Waals surface area (Å²) in [5.41, 5.74) is 0. The molecule has 23 N–H and O–H groups in total. The fourth-order valence-corrected chi connectivity index (χ4v) is 10.2. The minimum atomic E-state index is -3.59. The van der Waals surface area contributed by atoms with E-state index in [2.05, 4.69) is 16.0 Å². The summed E-state index contributed by atoms with van der Waals surface area (Å²) < 4.78 is 57.7. The lowest BCUT2D eigenvalue weighted by Gasteiger charge is -2.52. The monoisotopic (exact) mass is 1240 g/mol. The molecule has 490 valence electrons. The first kappa shape index (κ1) is 71.5. The normalized spacial score (nSPS) is 40.6. The van der Waals surface area contributed by atoms with Gasteiger partial charge < -0.3 is 166 Å². The largest absolute Gasteiger partial charge is 0.477 e. The Morgan fingerprint density at radius 1 is 0.576 bits per heavy atom. The number of hydrogen-bond acceptors (Lipinski definition) is 33. The van der Waals surface area contributed by atoms with Gasteiger partial charge in [0.25, 0.3) is 11.6 Å². The van der Waals surface area contributed by atoms with Crippen LogP contribution in [0.5, 0.6) is 0 Å². The number of aliphatic hydroxyl groups excluding tert-OH is 17. The maximum Gasteiger partial charge on any atom is 0.364 e. The summed E-state index contributed by atoms with van der Waals surface area (Å²) in [6.07, 6.45) is -51.5. The Kier molecular flexibility index (Phi) is 26.3. The molecule has 85 heavy (non-hydrogen) atoms. The second-order valence-corrected chi connectivity index (χ2v) is 20.5. The minimum absolute atomic E-state index is 0.219. The third kappa shape index (κ3) is 16.3. The molecule has 28 atom stereocenters. The second-order valence-electron chi connectivity index (χ2n) is 20.5. The first-order valence-corrected chi connectivity index (χ1v) is 26.2. The molecule has 0 aromatic carbocycles. The summed E-state index contributed by atoms with van der Waals surface area (Å²) in [4.78, 5) is 75.4. The predicted molar refractivity (Wildman–Crippen MR) is 261 cm³/mol. The Morgan fingerprint density at radius 2 is 1.09 bits per heavy atom. The smallest absolute Gasteiger partial charge is 0.364 e. The van der Waals surface area contributed by atoms with Crippen LogP contribution in [0.2, 0.25) is 0 Å². The number of carboxylic acids is 2. The van der Waals surface area contributed by atoms with Crippen LogP contribution in [0.4, 0.5) is 0 Å². The van der Waals surface area contributed by atoms with Crippen molar-refractivity contribution in [3.8, 4) is 0 Å². The van der Waals surface area contributed by atoms with E-state index < -0.39 is 266 Å². The Hall–Kier alpha value is -4.26. The van der Waals surface area contributed by atoms with Crippen molar-refractivity contribution < 1.29 is 173 Å². The van der Waals surface area contributed by atoms with Gasteiger partial charge in [-0.1, -0.05) is 0 Å². The highest BCUT2D eigenvalue weighted by Crippen LogP contribution is 2.42. The number of ether oxygens (including phenoxy) is 10. The fourth-order valence-electron chi connectivity index (χ4n) is 10.2. The molecule has 5 rings (SSSR count). The Bertz CT molecular complexity index is 2200. The van der Waals surface area contributed by atoms with Crippen LogP contribution in [0.25, 0.3) is 0 Å². The number of nitrogens with one attached hydrogen (secondary N) is 4. The zero-order valence-corrected chi connectivity index (χ0v) is 45.2. The highest BCUT2D eigenvalue weighted by molar-refractivity contribution is 5.78. The maximum absolute atomic E-state index is 13.9. The summed E-state index contributed by atoms with van der Waals surface area (Å²) in [5, 5.41) is 214. The SMILES string of the molecule is CC(=O)N[C@H]1[C@H](O[C@@H]2[C@H](O[C@]3(C(=O)O)C[C@H](O)[C@@H](NC(C)=O)[C@H]([C@H](O)[C@@H](CO)O[C@]4(C(=O)O)C[C@H](O)[C@@H](NC(=O)CO)[C@H]([C@H](O)[C@H](O)CO)O4)O3)[C@@H](O)[C@H](O[C@H]3[C@H](O)[C@@H](O)[C@H](OC[C@@H](CO)NC=O)O[C@@H]3CO)O[C@@H]2CO)O[C@H](CO)[C@H](O)[C@@H]1O. The molecular formula is C46H76N4O35. The minimum Gasteiger partial charge on any atom is -0.477 e.